The summed E-state index contributed by atoms with van der Waals surface area (Å²) in [5, 5.41) is 2.17. The molecule has 0 aromatic rings. The standard InChI is InChI=1S/C8H17FNO4P.H3N/c1-8(2,3)14-7(11)10-4-6(9)5-15(12)13;/h6,15H,4-5H2,1-3H3,(H,10,11)(H,12,13);1H3/t6-;/m0./s1. The first-order valence-electron chi connectivity index (χ1n) is 4.53. The monoisotopic (exact) mass is 258 g/mol. The average molecular weight is 258 g/mol. The molecule has 1 unspecified atom stereocenters. The van der Waals surface area contributed by atoms with Crippen LogP contribution in [0.4, 0.5) is 9.18 Å². The molecule has 0 rings (SSSR count). The summed E-state index contributed by atoms with van der Waals surface area (Å²) in [7, 11) is -2.83. The molecule has 0 saturated heterocycles. The Hall–Kier alpha value is -0.650. The minimum atomic E-state index is -2.83. The van der Waals surface area contributed by atoms with Crippen LogP contribution < -0.4 is 11.5 Å². The van der Waals surface area contributed by atoms with E-state index in [2.05, 4.69) is 5.32 Å². The second-order valence-electron chi connectivity index (χ2n) is 4.08. The largest absolute Gasteiger partial charge is 0.444 e. The molecule has 0 fully saturated rings. The maximum atomic E-state index is 12.8. The van der Waals surface area contributed by atoms with Crippen molar-refractivity contribution in [2.45, 2.75) is 32.5 Å². The molecule has 16 heavy (non-hydrogen) atoms. The van der Waals surface area contributed by atoms with Crippen LogP contribution in [0.15, 0.2) is 0 Å². The molecular weight excluding hydrogens is 238 g/mol. The number of carbonyl (C=O) groups is 1. The van der Waals surface area contributed by atoms with Gasteiger partial charge in [0.15, 0.2) is 8.03 Å². The normalized spacial score (nSPS) is 14.6. The van der Waals surface area contributed by atoms with Crippen molar-refractivity contribution >= 4 is 14.1 Å². The SMILES string of the molecule is CC(C)(C)OC(=O)NC[C@H](F)C[PH](=O)O.N. The summed E-state index contributed by atoms with van der Waals surface area (Å²) < 4.78 is 28.0. The fraction of sp³-hybridized carbons (Fsp3) is 0.875. The van der Waals surface area contributed by atoms with Crippen LogP contribution in [0.2, 0.25) is 0 Å². The topological polar surface area (TPSA) is 111 Å². The Morgan fingerprint density at radius 1 is 1.56 bits per heavy atom. The van der Waals surface area contributed by atoms with E-state index in [0.717, 1.165) is 0 Å². The lowest BCUT2D eigenvalue weighted by Crippen LogP contribution is -2.36. The maximum Gasteiger partial charge on any atom is 0.407 e. The number of hydrogen-bond donors (Lipinski definition) is 3. The summed E-state index contributed by atoms with van der Waals surface area (Å²) >= 11 is 0. The van der Waals surface area contributed by atoms with Gasteiger partial charge >= 0.3 is 6.09 Å². The zero-order valence-electron chi connectivity index (χ0n) is 9.75. The second-order valence-corrected chi connectivity index (χ2v) is 5.27. The van der Waals surface area contributed by atoms with Crippen LogP contribution in [0.1, 0.15) is 20.8 Å². The van der Waals surface area contributed by atoms with Crippen LogP contribution in [0.3, 0.4) is 0 Å². The van der Waals surface area contributed by atoms with Gasteiger partial charge in [-0.15, -0.1) is 0 Å². The van der Waals surface area contributed by atoms with E-state index in [-0.39, 0.29) is 12.7 Å². The van der Waals surface area contributed by atoms with Gasteiger partial charge in [-0.25, -0.2) is 9.18 Å². The zero-order valence-corrected chi connectivity index (χ0v) is 10.7. The molecule has 1 amide bonds. The fourth-order valence-electron chi connectivity index (χ4n) is 0.770. The summed E-state index contributed by atoms with van der Waals surface area (Å²) in [6.07, 6.45) is -2.70. The van der Waals surface area contributed by atoms with E-state index in [0.29, 0.717) is 0 Å². The Kier molecular flexibility index (Phi) is 8.42. The van der Waals surface area contributed by atoms with Gasteiger partial charge in [0.2, 0.25) is 0 Å². The van der Waals surface area contributed by atoms with Crippen LogP contribution in [0.5, 0.6) is 0 Å². The Bertz CT molecular complexity index is 245. The predicted octanol–water partition coefficient (Wildman–Crippen LogP) is 1.48. The summed E-state index contributed by atoms with van der Waals surface area (Å²) in [5.74, 6) is 0. The van der Waals surface area contributed by atoms with E-state index < -0.39 is 32.1 Å². The highest BCUT2D eigenvalue weighted by molar-refractivity contribution is 7.38. The van der Waals surface area contributed by atoms with Crippen molar-refractivity contribution in [1.82, 2.24) is 11.5 Å². The van der Waals surface area contributed by atoms with Gasteiger partial charge in [0.25, 0.3) is 0 Å². The third-order valence-electron chi connectivity index (χ3n) is 1.26. The first kappa shape index (κ1) is 17.7. The molecule has 98 valence electrons. The molecule has 2 atom stereocenters. The minimum Gasteiger partial charge on any atom is -0.444 e. The molecule has 0 saturated carbocycles. The number of halogens is 1. The van der Waals surface area contributed by atoms with Gasteiger partial charge in [0.1, 0.15) is 11.8 Å². The van der Waals surface area contributed by atoms with Crippen molar-refractivity contribution in [1.29, 1.82) is 0 Å². The number of ether oxygens (including phenoxy) is 1. The number of rotatable bonds is 4. The number of nitrogens with one attached hydrogen (secondary N) is 1. The Balaban J connectivity index is 0. The molecule has 0 aliphatic carbocycles. The van der Waals surface area contributed by atoms with E-state index >= 15 is 0 Å². The lowest BCUT2D eigenvalue weighted by atomic mass is 10.2. The Labute approximate surface area is 95.0 Å². The summed E-state index contributed by atoms with van der Waals surface area (Å²) in [6.45, 7) is 4.75. The van der Waals surface area contributed by atoms with Crippen LogP contribution in [-0.4, -0.2) is 35.5 Å². The molecule has 0 heterocycles. The second kappa shape index (κ2) is 7.60. The quantitative estimate of drug-likeness (QED) is 0.661. The van der Waals surface area contributed by atoms with Gasteiger partial charge in [-0.05, 0) is 20.8 Å². The summed E-state index contributed by atoms with van der Waals surface area (Å²) in [5.41, 5.74) is -0.639. The van der Waals surface area contributed by atoms with Gasteiger partial charge in [-0.2, -0.15) is 0 Å². The molecule has 6 nitrogen and oxygen atoms in total. The molecule has 0 spiro atoms. The molecular formula is C8H20FN2O4P. The third kappa shape index (κ3) is 11.4. The van der Waals surface area contributed by atoms with E-state index in [4.69, 9.17) is 9.63 Å². The molecule has 0 aromatic heterocycles. The smallest absolute Gasteiger partial charge is 0.407 e. The number of amides is 1. The Morgan fingerprint density at radius 2 is 2.06 bits per heavy atom. The van der Waals surface area contributed by atoms with Crippen molar-refractivity contribution in [3.8, 4) is 0 Å². The van der Waals surface area contributed by atoms with Crippen LogP contribution in [0, 0.1) is 0 Å². The molecule has 5 N–H and O–H groups in total. The van der Waals surface area contributed by atoms with Crippen molar-refractivity contribution < 1.29 is 23.4 Å². The number of alkyl carbamates (subject to hydrolysis) is 1. The Morgan fingerprint density at radius 3 is 2.44 bits per heavy atom. The minimum absolute atomic E-state index is 0. The maximum absolute atomic E-state index is 12.8. The third-order valence-corrected chi connectivity index (χ3v) is 2.06. The summed E-state index contributed by atoms with van der Waals surface area (Å²) in [4.78, 5) is 19.5. The molecule has 0 aromatic carbocycles. The molecule has 0 radical (unpaired) electrons. The van der Waals surface area contributed by atoms with Gasteiger partial charge in [-0.1, -0.05) is 0 Å². The van der Waals surface area contributed by atoms with Gasteiger partial charge in [0.05, 0.1) is 12.7 Å². The highest BCUT2D eigenvalue weighted by Gasteiger charge is 2.17. The van der Waals surface area contributed by atoms with E-state index in [1.54, 1.807) is 20.8 Å². The van der Waals surface area contributed by atoms with E-state index in [1.165, 1.54) is 0 Å². The predicted molar refractivity (Wildman–Crippen MR) is 60.2 cm³/mol. The van der Waals surface area contributed by atoms with Gasteiger partial charge in [-0.3, -0.25) is 4.57 Å². The zero-order chi connectivity index (χ0) is 12.1. The van der Waals surface area contributed by atoms with E-state index in [9.17, 15) is 13.8 Å². The van der Waals surface area contributed by atoms with Crippen molar-refractivity contribution in [2.24, 2.45) is 0 Å². The average Bonchev–Trinajstić information content (AvgIpc) is 1.96. The fourth-order valence-corrected chi connectivity index (χ4v) is 1.29. The van der Waals surface area contributed by atoms with Crippen molar-refractivity contribution in [3.05, 3.63) is 0 Å². The highest BCUT2D eigenvalue weighted by Crippen LogP contribution is 2.15. The lowest BCUT2D eigenvalue weighted by molar-refractivity contribution is 0.0515. The number of alkyl halides is 1. The van der Waals surface area contributed by atoms with Gasteiger partial charge < -0.3 is 21.1 Å². The van der Waals surface area contributed by atoms with Crippen molar-refractivity contribution in [3.63, 3.8) is 0 Å². The lowest BCUT2D eigenvalue weighted by Gasteiger charge is -2.20. The van der Waals surface area contributed by atoms with Gasteiger partial charge in [0, 0.05) is 0 Å². The first-order chi connectivity index (χ1) is 6.70. The number of carbonyl (C=O) groups excluding carboxylic acids is 1. The molecule has 0 aliphatic heterocycles. The van der Waals surface area contributed by atoms with Crippen molar-refractivity contribution in [2.75, 3.05) is 12.7 Å². The highest BCUT2D eigenvalue weighted by atomic mass is 31.1. The number of hydrogen-bond acceptors (Lipinski definition) is 4. The molecule has 0 bridgehead atoms. The first-order valence-corrected chi connectivity index (χ1v) is 6.09. The van der Waals surface area contributed by atoms with Crippen LogP contribution in [-0.2, 0) is 9.30 Å². The van der Waals surface area contributed by atoms with E-state index in [1.807, 2.05) is 0 Å². The van der Waals surface area contributed by atoms with Crippen LogP contribution >= 0.6 is 8.03 Å². The summed E-state index contributed by atoms with van der Waals surface area (Å²) in [6, 6.07) is 0. The molecule has 8 heteroatoms. The van der Waals surface area contributed by atoms with Crippen LogP contribution in [0.25, 0.3) is 0 Å². The molecule has 0 aliphatic rings.